The molecule has 0 aliphatic rings. The lowest BCUT2D eigenvalue weighted by Crippen LogP contribution is -2.58. The maximum absolute atomic E-state index is 12.5. The highest BCUT2D eigenvalue weighted by Gasteiger charge is 2.31. The molecule has 192 valence electrons. The minimum atomic E-state index is -1.70. The summed E-state index contributed by atoms with van der Waals surface area (Å²) in [7, 11) is 0. The van der Waals surface area contributed by atoms with E-state index >= 15 is 0 Å². The Kier molecular flexibility index (Phi) is 13.7. The average Bonchev–Trinajstić information content (AvgIpc) is 2.71. The van der Waals surface area contributed by atoms with Gasteiger partial charge in [-0.3, -0.25) is 29.0 Å². The molecule has 0 rings (SSSR count). The van der Waals surface area contributed by atoms with Gasteiger partial charge in [0.1, 0.15) is 18.1 Å². The number of nitrogens with zero attached hydrogens (tertiary/aromatic N) is 1. The summed E-state index contributed by atoms with van der Waals surface area (Å²) < 4.78 is 0. The topological polar surface area (TPSA) is 290 Å². The number of guanidine groups is 1. The number of nitrogens with one attached hydrogen (secondary N) is 3. The van der Waals surface area contributed by atoms with Crippen LogP contribution in [0.4, 0.5) is 0 Å². The summed E-state index contributed by atoms with van der Waals surface area (Å²) in [4.78, 5) is 73.8. The first-order valence-corrected chi connectivity index (χ1v) is 10.4. The molecule has 3 amide bonds. The van der Waals surface area contributed by atoms with Gasteiger partial charge in [0.25, 0.3) is 0 Å². The van der Waals surface area contributed by atoms with Gasteiger partial charge in [-0.15, -0.1) is 0 Å². The molecule has 0 fully saturated rings. The van der Waals surface area contributed by atoms with Crippen molar-refractivity contribution in [3.63, 3.8) is 0 Å². The van der Waals surface area contributed by atoms with Gasteiger partial charge in [-0.1, -0.05) is 0 Å². The molecule has 12 N–H and O–H groups in total. The van der Waals surface area contributed by atoms with E-state index in [1.54, 1.807) is 0 Å². The Labute approximate surface area is 199 Å². The van der Waals surface area contributed by atoms with Crippen molar-refractivity contribution >= 4 is 54.2 Å². The van der Waals surface area contributed by atoms with Gasteiger partial charge < -0.3 is 48.5 Å². The molecule has 0 aromatic heterocycles. The highest BCUT2D eigenvalue weighted by molar-refractivity contribution is 7.80. The lowest BCUT2D eigenvalue weighted by Gasteiger charge is -2.23. The summed E-state index contributed by atoms with van der Waals surface area (Å²) >= 11 is 3.93. The number of aliphatic carboxylic acids is 3. The van der Waals surface area contributed by atoms with Crippen molar-refractivity contribution in [1.29, 1.82) is 0 Å². The fraction of sp³-hybridized carbons (Fsp3) is 0.588. The quantitative estimate of drug-likeness (QED) is 0.0411. The second kappa shape index (κ2) is 15.3. The molecule has 4 unspecified atom stereocenters. The van der Waals surface area contributed by atoms with E-state index in [9.17, 15) is 33.9 Å². The minimum Gasteiger partial charge on any atom is -0.481 e. The smallest absolute Gasteiger partial charge is 0.326 e. The number of rotatable bonds is 16. The number of nitrogens with two attached hydrogens (primary N) is 3. The molecule has 0 aliphatic carbocycles. The van der Waals surface area contributed by atoms with E-state index in [2.05, 4.69) is 28.3 Å². The van der Waals surface area contributed by atoms with Crippen LogP contribution in [0.5, 0.6) is 0 Å². The van der Waals surface area contributed by atoms with Crippen molar-refractivity contribution in [2.45, 2.75) is 49.9 Å². The van der Waals surface area contributed by atoms with Gasteiger partial charge in [0.2, 0.25) is 17.7 Å². The maximum Gasteiger partial charge on any atom is 0.326 e. The monoisotopic (exact) mass is 507 g/mol. The molecule has 0 bridgehead atoms. The van der Waals surface area contributed by atoms with Crippen molar-refractivity contribution in [2.24, 2.45) is 22.2 Å². The van der Waals surface area contributed by atoms with Crippen LogP contribution in [0.15, 0.2) is 4.99 Å². The molecule has 17 heteroatoms. The second-order valence-electron chi connectivity index (χ2n) is 6.96. The van der Waals surface area contributed by atoms with Gasteiger partial charge in [0, 0.05) is 12.3 Å². The Hall–Kier alpha value is -3.60. The van der Waals surface area contributed by atoms with E-state index in [4.69, 9.17) is 27.4 Å². The minimum absolute atomic E-state index is 0.0374. The van der Waals surface area contributed by atoms with E-state index in [0.717, 1.165) is 0 Å². The zero-order valence-corrected chi connectivity index (χ0v) is 18.9. The van der Waals surface area contributed by atoms with Crippen LogP contribution in [0, 0.1) is 0 Å². The van der Waals surface area contributed by atoms with Crippen molar-refractivity contribution in [2.75, 3.05) is 12.3 Å². The summed E-state index contributed by atoms with van der Waals surface area (Å²) in [6.07, 6.45) is -1.49. The normalized spacial score (nSPS) is 13.9. The highest BCUT2D eigenvalue weighted by Crippen LogP contribution is 2.02. The Morgan fingerprint density at radius 2 is 1.29 bits per heavy atom. The maximum atomic E-state index is 12.5. The molecule has 4 atom stereocenters. The van der Waals surface area contributed by atoms with Crippen LogP contribution in [0.3, 0.4) is 0 Å². The lowest BCUT2D eigenvalue weighted by molar-refractivity contribution is -0.143. The Bertz CT molecular complexity index is 804. The first kappa shape index (κ1) is 30.4. The van der Waals surface area contributed by atoms with Gasteiger partial charge >= 0.3 is 17.9 Å². The Morgan fingerprint density at radius 3 is 1.76 bits per heavy atom. The van der Waals surface area contributed by atoms with Gasteiger partial charge in [0.15, 0.2) is 5.96 Å². The third-order valence-corrected chi connectivity index (χ3v) is 4.48. The largest absolute Gasteiger partial charge is 0.481 e. The van der Waals surface area contributed by atoms with Crippen LogP contribution in [-0.2, 0) is 28.8 Å². The van der Waals surface area contributed by atoms with Crippen molar-refractivity contribution in [1.82, 2.24) is 16.0 Å². The zero-order valence-electron chi connectivity index (χ0n) is 18.0. The lowest BCUT2D eigenvalue weighted by atomic mass is 10.1. The van der Waals surface area contributed by atoms with Crippen molar-refractivity contribution in [3.8, 4) is 0 Å². The van der Waals surface area contributed by atoms with Gasteiger partial charge in [0.05, 0.1) is 18.9 Å². The summed E-state index contributed by atoms with van der Waals surface area (Å²) in [5.74, 6) is -7.84. The predicted molar refractivity (Wildman–Crippen MR) is 120 cm³/mol. The third kappa shape index (κ3) is 12.4. The fourth-order valence-electron chi connectivity index (χ4n) is 2.44. The number of amides is 3. The molecule has 0 spiro atoms. The summed E-state index contributed by atoms with van der Waals surface area (Å²) in [5, 5.41) is 33.4. The first-order chi connectivity index (χ1) is 15.8. The third-order valence-electron chi connectivity index (χ3n) is 4.12. The fourth-order valence-corrected chi connectivity index (χ4v) is 2.70. The van der Waals surface area contributed by atoms with E-state index in [1.807, 2.05) is 5.32 Å². The molecule has 0 saturated heterocycles. The molecule has 0 saturated carbocycles. The number of carboxylic acids is 3. The summed E-state index contributed by atoms with van der Waals surface area (Å²) in [5.41, 5.74) is 15.7. The number of thiol groups is 1. The zero-order chi connectivity index (χ0) is 26.4. The SMILES string of the molecule is NC(N)=NCCCC(NC(=O)C(CS)NC(=O)C(CC(=O)O)NC(=O)C(N)CC(=O)O)C(=O)O. The van der Waals surface area contributed by atoms with E-state index in [0.29, 0.717) is 0 Å². The van der Waals surface area contributed by atoms with Crippen LogP contribution in [0.2, 0.25) is 0 Å². The number of hydrogen-bond donors (Lipinski definition) is 10. The Balaban J connectivity index is 5.22. The van der Waals surface area contributed by atoms with Crippen LogP contribution in [0.1, 0.15) is 25.7 Å². The number of carboxylic acid groups (broad SMARTS) is 3. The van der Waals surface area contributed by atoms with Crippen LogP contribution >= 0.6 is 12.6 Å². The van der Waals surface area contributed by atoms with Crippen LogP contribution in [-0.4, -0.2) is 93.4 Å². The number of aliphatic imine (C=N–C) groups is 1. The highest BCUT2D eigenvalue weighted by atomic mass is 32.1. The Morgan fingerprint density at radius 1 is 0.794 bits per heavy atom. The number of hydrogen-bond acceptors (Lipinski definition) is 9. The molecular formula is C17H29N7O9S. The van der Waals surface area contributed by atoms with Crippen molar-refractivity contribution in [3.05, 3.63) is 0 Å². The van der Waals surface area contributed by atoms with Crippen molar-refractivity contribution < 1.29 is 44.1 Å². The number of carbonyl (C=O) groups is 6. The van der Waals surface area contributed by atoms with Crippen LogP contribution < -0.4 is 33.2 Å². The van der Waals surface area contributed by atoms with E-state index in [-0.39, 0.29) is 31.1 Å². The molecule has 0 heterocycles. The molecule has 16 nitrogen and oxygen atoms in total. The first-order valence-electron chi connectivity index (χ1n) is 9.77. The number of carbonyl (C=O) groups excluding carboxylic acids is 3. The van der Waals surface area contributed by atoms with Gasteiger partial charge in [-0.2, -0.15) is 12.6 Å². The summed E-state index contributed by atoms with van der Waals surface area (Å²) in [6.45, 7) is 0.120. The van der Waals surface area contributed by atoms with Gasteiger partial charge in [-0.05, 0) is 12.8 Å². The van der Waals surface area contributed by atoms with E-state index in [1.165, 1.54) is 0 Å². The molecule has 0 radical (unpaired) electrons. The van der Waals surface area contributed by atoms with Crippen LogP contribution in [0.25, 0.3) is 0 Å². The summed E-state index contributed by atoms with van der Waals surface area (Å²) in [6, 6.07) is -5.99. The molecule has 0 aromatic carbocycles. The standard InChI is InChI=1S/C17H29N7O9S/c18-7(4-11(25)26)13(29)23-9(5-12(27)28)14(30)24-10(6-34)15(31)22-8(16(32)33)2-1-3-21-17(19)20/h7-10,34H,1-6,18H2,(H,22,31)(H,23,29)(H,24,30)(H,25,26)(H,27,28)(H,32,33)(H4,19,20,21). The molecular weight excluding hydrogens is 478 g/mol. The molecule has 34 heavy (non-hydrogen) atoms. The van der Waals surface area contributed by atoms with E-state index < -0.39 is 72.6 Å². The average molecular weight is 508 g/mol. The second-order valence-corrected chi connectivity index (χ2v) is 7.32. The van der Waals surface area contributed by atoms with Gasteiger partial charge in [-0.25, -0.2) is 4.79 Å². The molecule has 0 aromatic rings. The molecule has 0 aliphatic heterocycles. The predicted octanol–water partition coefficient (Wildman–Crippen LogP) is -4.21.